The normalized spacial score (nSPS) is 16.4. The van der Waals surface area contributed by atoms with Crippen LogP contribution in [-0.4, -0.2) is 22.2 Å². The van der Waals surface area contributed by atoms with Crippen molar-refractivity contribution in [3.8, 4) is 84.3 Å². The van der Waals surface area contributed by atoms with Crippen molar-refractivity contribution in [3.05, 3.63) is 320 Å². The molecule has 5 nitrogen and oxygen atoms in total. The minimum absolute atomic E-state index is 0.0105. The fraction of sp³-hybridized carbons (Fsp3) is 0.0714. The second-order valence-electron chi connectivity index (χ2n) is 22.9. The number of para-hydroxylation sites is 2. The molecule has 1 aliphatic heterocycles. The molecule has 0 saturated heterocycles. The Morgan fingerprint density at radius 2 is 1.06 bits per heavy atom. The average molecular weight is 1200 g/mol. The zero-order valence-corrected chi connectivity index (χ0v) is 49.4. The van der Waals surface area contributed by atoms with E-state index in [4.69, 9.17) is 17.9 Å². The number of imidazole rings is 1. The molecule has 0 radical (unpaired) electrons. The molecule has 90 heavy (non-hydrogen) atoms. The van der Waals surface area contributed by atoms with Crippen LogP contribution in [0.4, 0.5) is 0 Å². The lowest BCUT2D eigenvalue weighted by Crippen LogP contribution is -2.74. The third-order valence-electron chi connectivity index (χ3n) is 16.8. The molecule has 12 aromatic carbocycles. The summed E-state index contributed by atoms with van der Waals surface area (Å²) in [6.07, 6.45) is 5.35. The van der Waals surface area contributed by atoms with E-state index >= 15 is 0 Å². The van der Waals surface area contributed by atoms with Crippen molar-refractivity contribution in [2.24, 2.45) is 0 Å². The van der Waals surface area contributed by atoms with E-state index in [0.29, 0.717) is 11.6 Å². The smallest absolute Gasteiger partial charge is 0.269 e. The van der Waals surface area contributed by atoms with Crippen LogP contribution in [0.5, 0.6) is 11.5 Å². The Kier molecular flexibility index (Phi) is 8.07. The summed E-state index contributed by atoms with van der Waals surface area (Å²) in [5, 5.41) is -1.00. The van der Waals surface area contributed by atoms with Gasteiger partial charge in [-0.15, -0.1) is 0 Å². The van der Waals surface area contributed by atoms with Crippen molar-refractivity contribution < 1.29 is 44.9 Å². The van der Waals surface area contributed by atoms with E-state index in [-0.39, 0.29) is 94.4 Å². The largest absolute Gasteiger partial charge is 0.458 e. The molecule has 0 unspecified atom stereocenters. The van der Waals surface area contributed by atoms with Crippen molar-refractivity contribution in [2.75, 3.05) is 0 Å². The molecule has 430 valence electrons. The lowest BCUT2D eigenvalue weighted by molar-refractivity contribution is -0.570. The number of nitrogens with zero attached hydrogens (tertiary/aromatic N) is 4. The van der Waals surface area contributed by atoms with E-state index in [1.807, 2.05) is 53.1 Å². The summed E-state index contributed by atoms with van der Waals surface area (Å²) in [7, 11) is -6.14. The molecule has 4 heterocycles. The predicted molar refractivity (Wildman–Crippen MR) is 375 cm³/mol. The first-order valence-electron chi connectivity index (χ1n) is 42.0. The number of hydrogen-bond acceptors (Lipinski definition) is 2. The minimum atomic E-state index is -6.14. The second kappa shape index (κ2) is 21.7. The number of rotatable bonds is 10. The van der Waals surface area contributed by atoms with Gasteiger partial charge < -0.3 is 4.74 Å². The van der Waals surface area contributed by atoms with Crippen molar-refractivity contribution in [2.45, 2.75) is 39.9 Å². The van der Waals surface area contributed by atoms with Gasteiger partial charge in [0.25, 0.3) is 6.33 Å². The Morgan fingerprint density at radius 1 is 0.467 bits per heavy atom. The molecule has 0 aliphatic carbocycles. The van der Waals surface area contributed by atoms with E-state index in [0.717, 1.165) is 27.4 Å². The van der Waals surface area contributed by atoms with Crippen LogP contribution in [0.25, 0.3) is 106 Å². The molecule has 15 aromatic rings. The summed E-state index contributed by atoms with van der Waals surface area (Å²) in [5.74, 6) is 1.17. The Labute approximate surface area is 563 Å². The van der Waals surface area contributed by atoms with Crippen molar-refractivity contribution >= 4 is 61.7 Å². The summed E-state index contributed by atoms with van der Waals surface area (Å²) in [6, 6.07) is 28.3. The summed E-state index contributed by atoms with van der Waals surface area (Å²) in [4.78, 5) is 4.87. The van der Waals surface area contributed by atoms with Crippen LogP contribution in [0.2, 0.25) is 0 Å². The molecule has 0 spiro atoms. The first-order valence-corrected chi connectivity index (χ1v) is 31.0. The lowest BCUT2D eigenvalue weighted by Gasteiger charge is -2.35. The van der Waals surface area contributed by atoms with Crippen LogP contribution < -0.4 is 30.1 Å². The van der Waals surface area contributed by atoms with Crippen molar-refractivity contribution in [1.82, 2.24) is 14.1 Å². The highest BCUT2D eigenvalue weighted by molar-refractivity contribution is 7.20. The summed E-state index contributed by atoms with van der Waals surface area (Å²) in [6.45, 7) is 0.223. The van der Waals surface area contributed by atoms with Crippen LogP contribution in [0.15, 0.2) is 297 Å². The molecule has 0 saturated carbocycles. The van der Waals surface area contributed by atoms with Crippen molar-refractivity contribution in [1.29, 1.82) is 0 Å². The Bertz CT molecular complexity index is 6480. The second-order valence-corrected chi connectivity index (χ2v) is 26.5. The number of aryl methyl sites for hydroxylation is 2. The zero-order chi connectivity index (χ0) is 83.1. The van der Waals surface area contributed by atoms with Gasteiger partial charge in [0, 0.05) is 31.3 Å². The van der Waals surface area contributed by atoms with Crippen molar-refractivity contribution in [3.63, 3.8) is 0 Å². The summed E-state index contributed by atoms with van der Waals surface area (Å²) >= 11 is 0. The molecular weight excluding hydrogens is 1110 g/mol. The molecule has 6 heteroatoms. The van der Waals surface area contributed by atoms with Gasteiger partial charge in [0.1, 0.15) is 17.3 Å². The molecule has 3 aromatic heterocycles. The number of benzene rings is 12. The third-order valence-corrected chi connectivity index (χ3v) is 21.0. The summed E-state index contributed by atoms with van der Waals surface area (Å²) in [5.41, 5.74) is 1.94. The fourth-order valence-electron chi connectivity index (χ4n) is 12.9. The quantitative estimate of drug-likeness (QED) is 0.0592. The van der Waals surface area contributed by atoms with E-state index in [1.165, 1.54) is 51.6 Å². The number of ether oxygens (including phenoxy) is 1. The molecule has 0 bridgehead atoms. The van der Waals surface area contributed by atoms with Crippen LogP contribution in [0.3, 0.4) is 0 Å². The van der Waals surface area contributed by atoms with Gasteiger partial charge in [0.15, 0.2) is 8.07 Å². The zero-order valence-electron chi connectivity index (χ0n) is 74.4. The number of hydrogen-bond donors (Lipinski definition) is 0. The van der Waals surface area contributed by atoms with E-state index in [1.54, 1.807) is 85.1 Å². The molecule has 0 N–H and O–H groups in total. The first kappa shape index (κ1) is 33.4. The van der Waals surface area contributed by atoms with Gasteiger partial charge in [0.05, 0.1) is 60.9 Å². The van der Waals surface area contributed by atoms with E-state index in [2.05, 4.69) is 27.1 Å². The maximum absolute atomic E-state index is 10.2. The van der Waals surface area contributed by atoms with Gasteiger partial charge in [-0.2, -0.15) is 0 Å². The highest BCUT2D eigenvalue weighted by Gasteiger charge is 2.43. The van der Waals surface area contributed by atoms with Gasteiger partial charge >= 0.3 is 0 Å². The van der Waals surface area contributed by atoms with Crippen LogP contribution in [-0.2, 0) is 5.41 Å². The fourth-order valence-corrected chi connectivity index (χ4v) is 16.7. The topological polar surface area (TPSA) is 35.9 Å². The minimum Gasteiger partial charge on any atom is -0.458 e. The Balaban J connectivity index is 1.13. The number of fused-ring (bicyclic) bond motifs is 10. The lowest BCUT2D eigenvalue weighted by atomic mass is 9.83. The molecule has 16 rings (SSSR count). The van der Waals surface area contributed by atoms with Crippen LogP contribution in [0.1, 0.15) is 73.1 Å². The standard InChI is InChI=1S/C84H64N4OSi/c1-56-26-22-27-57(2)80(56)74-44-25-43-73-72-42-24-41-67(58-28-10-6-11-29-58)81(72)71-40-19-18-38-68(71)75-53-66(90(63-32-12-7-13-33-63,64-34-14-8-15-35-64)65-36-16-9-17-37-65)54-78-83(75)87(82(73)74)55-86(78)60-30-23-31-61(51-60)89-62-46-47-70-69-39-20-21-45-76(69)88(77(70)52-62)79-50-59(48-49-85-79)84(3,4)5/h6-54H,1-5H3/i1D3,2D3,6D,7D,8D,9D,10D,11D,12D,13D,14D,15D,16D,17D,28D,29D,32D,33D,34D,35D,36D,37D. The molecule has 0 atom stereocenters. The maximum Gasteiger partial charge on any atom is 0.269 e. The van der Waals surface area contributed by atoms with Gasteiger partial charge in [0.2, 0.25) is 0 Å². The highest BCUT2D eigenvalue weighted by atomic mass is 28.3. The predicted octanol–water partition coefficient (Wildman–Crippen LogP) is 17.9. The van der Waals surface area contributed by atoms with Gasteiger partial charge in [-0.3, -0.25) is 13.7 Å². The number of pyridine rings is 1. The van der Waals surface area contributed by atoms with E-state index in [9.17, 15) is 27.4 Å². The Morgan fingerprint density at radius 3 is 1.76 bits per heavy atom. The summed E-state index contributed by atoms with van der Waals surface area (Å²) < 4.78 is 259. The molecule has 0 amide bonds. The molecule has 0 fully saturated rings. The van der Waals surface area contributed by atoms with Gasteiger partial charge in [-0.05, 0) is 161 Å². The maximum atomic E-state index is 10.2. The first-order chi connectivity index (χ1) is 54.8. The third kappa shape index (κ3) is 8.88. The Hall–Kier alpha value is -10.9. The number of aromatic nitrogens is 4. The molecule has 1 aliphatic rings. The molecular formula is C84H64N4OSi. The van der Waals surface area contributed by atoms with Crippen LogP contribution >= 0.6 is 0 Å². The van der Waals surface area contributed by atoms with Gasteiger partial charge in [-0.25, -0.2) is 4.98 Å². The van der Waals surface area contributed by atoms with Crippen LogP contribution in [0, 0.1) is 20.0 Å². The average Bonchev–Trinajstić information content (AvgIpc) is 1.40. The van der Waals surface area contributed by atoms with Gasteiger partial charge in [-0.1, -0.05) is 257 Å². The van der Waals surface area contributed by atoms with E-state index < -0.39 is 169 Å². The SMILES string of the molecule is [2H]c1c([2H])c([2H])c(-c2cccc3c2-c2ccccc2-c2cc([Si](c4c([2H])c([2H])c([2H])c([2H])c4[2H])(c4c([2H])c([2H])c([2H])c([2H])c4[2H])c4c([2H])c([2H])c([2H])c([2H])c4[2H])cc4c2[n+]([c-]n4-c2cccc(Oc4ccc5c6ccccc6n(-c6cc(C(C)(C)C)ccn6)c5c4)c2)-c2c-3cccc2-c2c(C([2H])([2H])[2H])cccc2C([2H])([2H])[2H])c([2H])c1[2H]. The highest BCUT2D eigenvalue weighted by Crippen LogP contribution is 2.49. The monoisotopic (exact) mass is 1200 g/mol.